The highest BCUT2D eigenvalue weighted by molar-refractivity contribution is 5.79. The molecule has 2 heterocycles. The first kappa shape index (κ1) is 12.1. The van der Waals surface area contributed by atoms with Gasteiger partial charge in [0.15, 0.2) is 0 Å². The van der Waals surface area contributed by atoms with E-state index in [1.165, 1.54) is 0 Å². The highest BCUT2D eigenvalue weighted by Crippen LogP contribution is 2.32. The smallest absolute Gasteiger partial charge is 0.227 e. The molecule has 0 aliphatic carbocycles. The molecule has 1 aromatic rings. The Bertz CT molecular complexity index is 401. The van der Waals surface area contributed by atoms with Crippen LogP contribution < -0.4 is 5.73 Å². The molecule has 0 saturated carbocycles. The highest BCUT2D eigenvalue weighted by Gasteiger charge is 2.32. The Hall–Kier alpha value is -1.36. The molecule has 2 unspecified atom stereocenters. The van der Waals surface area contributed by atoms with Gasteiger partial charge in [0.2, 0.25) is 5.91 Å². The number of carbonyl (C=O) groups excluding carboxylic acids is 1. The maximum absolute atomic E-state index is 12.2. The van der Waals surface area contributed by atoms with E-state index >= 15 is 0 Å². The number of rotatable bonds is 3. The predicted molar refractivity (Wildman–Crippen MR) is 65.1 cm³/mol. The standard InChI is InChI=1S/C12H20N4O/c1-9(6-13)12(17)16-5-3-4-11(16)10-7-14-15(2)8-10/h7-9,11H,3-6,13H2,1-2H3. The van der Waals surface area contributed by atoms with Crippen molar-refractivity contribution in [2.75, 3.05) is 13.1 Å². The maximum atomic E-state index is 12.2. The van der Waals surface area contributed by atoms with E-state index in [-0.39, 0.29) is 17.9 Å². The number of hydrogen-bond acceptors (Lipinski definition) is 3. The number of amides is 1. The predicted octanol–water partition coefficient (Wildman–Crippen LogP) is 0.678. The van der Waals surface area contributed by atoms with Crippen LogP contribution in [-0.2, 0) is 11.8 Å². The van der Waals surface area contributed by atoms with Gasteiger partial charge in [0.05, 0.1) is 12.2 Å². The molecule has 1 aliphatic heterocycles. The minimum atomic E-state index is -0.0905. The summed E-state index contributed by atoms with van der Waals surface area (Å²) in [5.74, 6) is 0.0751. The molecule has 0 radical (unpaired) electrons. The van der Waals surface area contributed by atoms with Gasteiger partial charge in [0.25, 0.3) is 0 Å². The molecule has 5 nitrogen and oxygen atoms in total. The van der Waals surface area contributed by atoms with E-state index < -0.39 is 0 Å². The summed E-state index contributed by atoms with van der Waals surface area (Å²) in [7, 11) is 1.90. The van der Waals surface area contributed by atoms with Crippen LogP contribution in [0, 0.1) is 5.92 Å². The molecule has 17 heavy (non-hydrogen) atoms. The van der Waals surface area contributed by atoms with Crippen molar-refractivity contribution >= 4 is 5.91 Å². The second-order valence-corrected chi connectivity index (χ2v) is 4.77. The number of aryl methyl sites for hydroxylation is 1. The van der Waals surface area contributed by atoms with Crippen molar-refractivity contribution < 1.29 is 4.79 Å². The van der Waals surface area contributed by atoms with Gasteiger partial charge in [-0.25, -0.2) is 0 Å². The topological polar surface area (TPSA) is 64.2 Å². The first-order valence-corrected chi connectivity index (χ1v) is 6.12. The summed E-state index contributed by atoms with van der Waals surface area (Å²) >= 11 is 0. The van der Waals surface area contributed by atoms with Gasteiger partial charge in [-0.2, -0.15) is 5.10 Å². The van der Waals surface area contributed by atoms with E-state index in [9.17, 15) is 4.79 Å². The van der Waals surface area contributed by atoms with E-state index in [2.05, 4.69) is 5.10 Å². The molecule has 1 fully saturated rings. The fourth-order valence-corrected chi connectivity index (χ4v) is 2.37. The summed E-state index contributed by atoms with van der Waals surface area (Å²) in [6.45, 7) is 3.14. The van der Waals surface area contributed by atoms with Gasteiger partial charge in [-0.05, 0) is 12.8 Å². The molecule has 2 rings (SSSR count). The number of aromatic nitrogens is 2. The number of nitrogens with two attached hydrogens (primary N) is 1. The molecule has 1 aromatic heterocycles. The molecule has 2 atom stereocenters. The zero-order valence-corrected chi connectivity index (χ0v) is 10.5. The minimum absolute atomic E-state index is 0.0905. The molecular weight excluding hydrogens is 216 g/mol. The monoisotopic (exact) mass is 236 g/mol. The van der Waals surface area contributed by atoms with E-state index in [0.717, 1.165) is 24.9 Å². The van der Waals surface area contributed by atoms with Crippen molar-refractivity contribution in [2.45, 2.75) is 25.8 Å². The second kappa shape index (κ2) is 4.87. The third kappa shape index (κ3) is 2.34. The Balaban J connectivity index is 2.15. The molecule has 0 aromatic carbocycles. The fraction of sp³-hybridized carbons (Fsp3) is 0.667. The van der Waals surface area contributed by atoms with E-state index in [1.807, 2.05) is 31.3 Å². The lowest BCUT2D eigenvalue weighted by Gasteiger charge is -2.26. The van der Waals surface area contributed by atoms with Crippen LogP contribution in [0.1, 0.15) is 31.4 Å². The molecule has 1 saturated heterocycles. The second-order valence-electron chi connectivity index (χ2n) is 4.77. The Labute approximate surface area is 102 Å². The molecule has 1 amide bonds. The highest BCUT2D eigenvalue weighted by atomic mass is 16.2. The van der Waals surface area contributed by atoms with Gasteiger partial charge in [-0.3, -0.25) is 9.48 Å². The minimum Gasteiger partial charge on any atom is -0.335 e. The van der Waals surface area contributed by atoms with Gasteiger partial charge in [0.1, 0.15) is 0 Å². The summed E-state index contributed by atoms with van der Waals surface area (Å²) in [4.78, 5) is 14.1. The third-order valence-electron chi connectivity index (χ3n) is 3.42. The van der Waals surface area contributed by atoms with Crippen LogP contribution in [0.2, 0.25) is 0 Å². The molecule has 5 heteroatoms. The Morgan fingerprint density at radius 2 is 2.47 bits per heavy atom. The van der Waals surface area contributed by atoms with Crippen molar-refractivity contribution in [3.63, 3.8) is 0 Å². The number of hydrogen-bond donors (Lipinski definition) is 1. The third-order valence-corrected chi connectivity index (χ3v) is 3.42. The summed E-state index contributed by atoms with van der Waals surface area (Å²) in [6.07, 6.45) is 5.92. The first-order valence-electron chi connectivity index (χ1n) is 6.12. The van der Waals surface area contributed by atoms with Gasteiger partial charge in [-0.15, -0.1) is 0 Å². The number of carbonyl (C=O) groups is 1. The van der Waals surface area contributed by atoms with Crippen LogP contribution >= 0.6 is 0 Å². The summed E-state index contributed by atoms with van der Waals surface area (Å²) in [5.41, 5.74) is 6.69. The lowest BCUT2D eigenvalue weighted by atomic mass is 10.1. The Kier molecular flexibility index (Phi) is 3.47. The van der Waals surface area contributed by atoms with Gasteiger partial charge in [0, 0.05) is 37.8 Å². The average molecular weight is 236 g/mol. The molecule has 0 spiro atoms. The molecule has 1 aliphatic rings. The largest absolute Gasteiger partial charge is 0.335 e. The van der Waals surface area contributed by atoms with Crippen LogP contribution in [0.15, 0.2) is 12.4 Å². The van der Waals surface area contributed by atoms with Crippen LogP contribution in [0.5, 0.6) is 0 Å². The van der Waals surface area contributed by atoms with E-state index in [0.29, 0.717) is 6.54 Å². The van der Waals surface area contributed by atoms with Gasteiger partial charge < -0.3 is 10.6 Å². The summed E-state index contributed by atoms with van der Waals surface area (Å²) in [5, 5.41) is 4.17. The SMILES string of the molecule is CC(CN)C(=O)N1CCCC1c1cnn(C)c1. The summed E-state index contributed by atoms with van der Waals surface area (Å²) in [6, 6.07) is 0.185. The van der Waals surface area contributed by atoms with Crippen LogP contribution in [0.3, 0.4) is 0 Å². The zero-order chi connectivity index (χ0) is 12.4. The quantitative estimate of drug-likeness (QED) is 0.839. The van der Waals surface area contributed by atoms with E-state index in [1.54, 1.807) is 4.68 Å². The van der Waals surface area contributed by atoms with Crippen molar-refractivity contribution in [3.8, 4) is 0 Å². The van der Waals surface area contributed by atoms with Crippen LogP contribution in [-0.4, -0.2) is 33.7 Å². The van der Waals surface area contributed by atoms with Crippen molar-refractivity contribution in [3.05, 3.63) is 18.0 Å². The average Bonchev–Trinajstić information content (AvgIpc) is 2.94. The molecule has 2 N–H and O–H groups in total. The first-order chi connectivity index (χ1) is 8.13. The lowest BCUT2D eigenvalue weighted by molar-refractivity contribution is -0.135. The van der Waals surface area contributed by atoms with Gasteiger partial charge in [-0.1, -0.05) is 6.92 Å². The summed E-state index contributed by atoms with van der Waals surface area (Å²) < 4.78 is 1.78. The van der Waals surface area contributed by atoms with Crippen molar-refractivity contribution in [1.82, 2.24) is 14.7 Å². The van der Waals surface area contributed by atoms with Crippen molar-refractivity contribution in [2.24, 2.45) is 18.7 Å². The molecule has 94 valence electrons. The Morgan fingerprint density at radius 1 is 1.71 bits per heavy atom. The van der Waals surface area contributed by atoms with Crippen LogP contribution in [0.25, 0.3) is 0 Å². The van der Waals surface area contributed by atoms with Crippen molar-refractivity contribution in [1.29, 1.82) is 0 Å². The maximum Gasteiger partial charge on any atom is 0.227 e. The zero-order valence-electron chi connectivity index (χ0n) is 10.5. The normalized spacial score (nSPS) is 21.8. The Morgan fingerprint density at radius 3 is 3.06 bits per heavy atom. The van der Waals surface area contributed by atoms with E-state index in [4.69, 9.17) is 5.73 Å². The number of nitrogens with zero attached hydrogens (tertiary/aromatic N) is 3. The van der Waals surface area contributed by atoms with Gasteiger partial charge >= 0.3 is 0 Å². The lowest BCUT2D eigenvalue weighted by Crippen LogP contribution is -2.37. The number of likely N-dealkylation sites (tertiary alicyclic amines) is 1. The molecular formula is C12H20N4O. The molecule has 0 bridgehead atoms. The fourth-order valence-electron chi connectivity index (χ4n) is 2.37. The van der Waals surface area contributed by atoms with Crippen LogP contribution in [0.4, 0.5) is 0 Å².